The van der Waals surface area contributed by atoms with E-state index in [-0.39, 0.29) is 6.54 Å². The van der Waals surface area contributed by atoms with Crippen LogP contribution in [-0.4, -0.2) is 28.2 Å². The molecule has 7 heteroatoms. The molecule has 0 saturated heterocycles. The summed E-state index contributed by atoms with van der Waals surface area (Å²) in [5.41, 5.74) is 1.49. The summed E-state index contributed by atoms with van der Waals surface area (Å²) in [7, 11) is 0. The van der Waals surface area contributed by atoms with Crippen molar-refractivity contribution >= 4 is 16.9 Å². The average molecular weight is 299 g/mol. The molecule has 1 aromatic heterocycles. The van der Waals surface area contributed by atoms with E-state index in [0.717, 1.165) is 17.5 Å². The Hall–Kier alpha value is -2.05. The molecule has 0 radical (unpaired) electrons. The van der Waals surface area contributed by atoms with E-state index in [9.17, 15) is 18.0 Å². The van der Waals surface area contributed by atoms with Crippen molar-refractivity contribution in [1.82, 2.24) is 14.9 Å². The molecule has 0 aliphatic heterocycles. The van der Waals surface area contributed by atoms with Crippen LogP contribution in [0.25, 0.3) is 11.0 Å². The number of benzene rings is 1. The van der Waals surface area contributed by atoms with Gasteiger partial charge < -0.3 is 9.88 Å². The normalized spacial score (nSPS) is 11.8. The molecule has 2 rings (SSSR count). The van der Waals surface area contributed by atoms with Gasteiger partial charge in [-0.15, -0.1) is 0 Å². The van der Waals surface area contributed by atoms with Gasteiger partial charge in [-0.3, -0.25) is 4.79 Å². The van der Waals surface area contributed by atoms with E-state index in [4.69, 9.17) is 0 Å². The monoisotopic (exact) mass is 299 g/mol. The number of aryl methyl sites for hydroxylation is 1. The molecule has 0 saturated carbocycles. The molecule has 2 aromatic rings. The van der Waals surface area contributed by atoms with Crippen molar-refractivity contribution in [2.75, 3.05) is 6.54 Å². The number of nitrogens with one attached hydrogen (secondary N) is 1. The van der Waals surface area contributed by atoms with E-state index >= 15 is 0 Å². The summed E-state index contributed by atoms with van der Waals surface area (Å²) in [5.74, 6) is 0.0358. The molecule has 0 bridgehead atoms. The van der Waals surface area contributed by atoms with Crippen LogP contribution < -0.4 is 5.32 Å². The van der Waals surface area contributed by atoms with E-state index in [1.54, 1.807) is 10.6 Å². The van der Waals surface area contributed by atoms with E-state index in [0.29, 0.717) is 12.2 Å². The first-order valence-corrected chi connectivity index (χ1v) is 6.68. The number of aromatic nitrogens is 2. The molecule has 21 heavy (non-hydrogen) atoms. The lowest BCUT2D eigenvalue weighted by Crippen LogP contribution is -2.36. The molecule has 4 nitrogen and oxygen atoms in total. The summed E-state index contributed by atoms with van der Waals surface area (Å²) < 4.78 is 38.0. The first-order valence-electron chi connectivity index (χ1n) is 6.68. The number of hydrogen-bond acceptors (Lipinski definition) is 2. The lowest BCUT2D eigenvalue weighted by Gasteiger charge is -2.11. The fourth-order valence-corrected chi connectivity index (χ4v) is 2.11. The van der Waals surface area contributed by atoms with Gasteiger partial charge in [0.15, 0.2) is 0 Å². The van der Waals surface area contributed by atoms with Crippen molar-refractivity contribution in [3.05, 3.63) is 30.1 Å². The van der Waals surface area contributed by atoms with E-state index in [1.807, 2.05) is 30.4 Å². The van der Waals surface area contributed by atoms with Gasteiger partial charge in [0.05, 0.1) is 11.0 Å². The third kappa shape index (κ3) is 3.96. The van der Waals surface area contributed by atoms with Crippen molar-refractivity contribution in [2.45, 2.75) is 32.5 Å². The molecule has 0 unspecified atom stereocenters. The summed E-state index contributed by atoms with van der Waals surface area (Å²) in [6.07, 6.45) is -2.90. The number of carbonyl (C=O) groups excluding carboxylic acids is 1. The van der Waals surface area contributed by atoms with Crippen LogP contribution in [0.4, 0.5) is 13.2 Å². The number of amides is 1. The molecule has 1 heterocycles. The maximum atomic E-state index is 12.1. The predicted octanol–water partition coefficient (Wildman–Crippen LogP) is 2.67. The summed E-state index contributed by atoms with van der Waals surface area (Å²) in [6, 6.07) is 7.26. The Labute approximate surface area is 120 Å². The second kappa shape index (κ2) is 6.15. The molecule has 0 aliphatic rings. The molecule has 0 fully saturated rings. The zero-order valence-electron chi connectivity index (χ0n) is 11.6. The Morgan fingerprint density at radius 2 is 2.05 bits per heavy atom. The highest BCUT2D eigenvalue weighted by Crippen LogP contribution is 2.17. The second-order valence-corrected chi connectivity index (χ2v) is 4.74. The number of rotatable bonds is 5. The third-order valence-electron chi connectivity index (χ3n) is 2.99. The Bertz CT molecular complexity index is 634. The van der Waals surface area contributed by atoms with E-state index in [1.165, 1.54) is 0 Å². The highest BCUT2D eigenvalue weighted by atomic mass is 19.4. The smallest absolute Gasteiger partial charge is 0.345 e. The molecule has 114 valence electrons. The standard InChI is InChI=1S/C14H16F3N3O/c1-2-5-12-19-10-6-3-4-7-11(10)20(12)8-13(21)18-9-14(15,16)17/h3-4,6-7H,2,5,8-9H2,1H3,(H,18,21). The Balaban J connectivity index is 2.20. The number of alkyl halides is 3. The van der Waals surface area contributed by atoms with Crippen LogP contribution in [0.5, 0.6) is 0 Å². The number of hydrogen-bond donors (Lipinski definition) is 1. The van der Waals surface area contributed by atoms with Crippen LogP contribution in [0.1, 0.15) is 19.2 Å². The van der Waals surface area contributed by atoms with Crippen molar-refractivity contribution in [2.24, 2.45) is 0 Å². The zero-order chi connectivity index (χ0) is 15.5. The van der Waals surface area contributed by atoms with Gasteiger partial charge in [0.2, 0.25) is 5.91 Å². The van der Waals surface area contributed by atoms with E-state index < -0.39 is 18.6 Å². The van der Waals surface area contributed by atoms with Crippen molar-refractivity contribution in [1.29, 1.82) is 0 Å². The van der Waals surface area contributed by atoms with Gasteiger partial charge in [0.25, 0.3) is 0 Å². The minimum absolute atomic E-state index is 0.161. The maximum absolute atomic E-state index is 12.1. The minimum atomic E-state index is -4.40. The molecule has 0 spiro atoms. The SMILES string of the molecule is CCCc1nc2ccccc2n1CC(=O)NCC(F)(F)F. The highest BCUT2D eigenvalue weighted by Gasteiger charge is 2.27. The van der Waals surface area contributed by atoms with Gasteiger partial charge in [-0.1, -0.05) is 19.1 Å². The topological polar surface area (TPSA) is 46.9 Å². The molecule has 0 aliphatic carbocycles. The average Bonchev–Trinajstić information content (AvgIpc) is 2.75. The van der Waals surface area contributed by atoms with Crippen LogP contribution in [0.2, 0.25) is 0 Å². The zero-order valence-corrected chi connectivity index (χ0v) is 11.6. The van der Waals surface area contributed by atoms with Crippen LogP contribution in [0.15, 0.2) is 24.3 Å². The lowest BCUT2D eigenvalue weighted by atomic mass is 10.3. The molecular weight excluding hydrogens is 283 g/mol. The number of fused-ring (bicyclic) bond motifs is 1. The summed E-state index contributed by atoms with van der Waals surface area (Å²) in [6.45, 7) is 0.501. The quantitative estimate of drug-likeness (QED) is 0.922. The Kier molecular flexibility index (Phi) is 4.50. The first kappa shape index (κ1) is 15.3. The van der Waals surface area contributed by atoms with Crippen LogP contribution in [0.3, 0.4) is 0 Å². The van der Waals surface area contributed by atoms with Crippen LogP contribution in [-0.2, 0) is 17.8 Å². The lowest BCUT2D eigenvalue weighted by molar-refractivity contribution is -0.138. The van der Waals surface area contributed by atoms with Gasteiger partial charge in [-0.25, -0.2) is 4.98 Å². The maximum Gasteiger partial charge on any atom is 0.405 e. The van der Waals surface area contributed by atoms with Gasteiger partial charge >= 0.3 is 6.18 Å². The third-order valence-corrected chi connectivity index (χ3v) is 2.99. The number of imidazole rings is 1. The highest BCUT2D eigenvalue weighted by molar-refractivity contribution is 5.81. The number of para-hydroxylation sites is 2. The number of nitrogens with zero attached hydrogens (tertiary/aromatic N) is 2. The molecule has 1 amide bonds. The van der Waals surface area contributed by atoms with Gasteiger partial charge in [-0.2, -0.15) is 13.2 Å². The van der Waals surface area contributed by atoms with Gasteiger partial charge in [0, 0.05) is 6.42 Å². The Morgan fingerprint density at radius 1 is 1.33 bits per heavy atom. The van der Waals surface area contributed by atoms with Crippen molar-refractivity contribution in [3.8, 4) is 0 Å². The van der Waals surface area contributed by atoms with Gasteiger partial charge in [0.1, 0.15) is 18.9 Å². The largest absolute Gasteiger partial charge is 0.405 e. The second-order valence-electron chi connectivity index (χ2n) is 4.74. The number of carbonyl (C=O) groups is 1. The van der Waals surface area contributed by atoms with Gasteiger partial charge in [-0.05, 0) is 18.6 Å². The molecule has 0 atom stereocenters. The molecule has 1 aromatic carbocycles. The Morgan fingerprint density at radius 3 is 2.71 bits per heavy atom. The minimum Gasteiger partial charge on any atom is -0.345 e. The van der Waals surface area contributed by atoms with Crippen LogP contribution in [0, 0.1) is 0 Å². The van der Waals surface area contributed by atoms with E-state index in [2.05, 4.69) is 4.98 Å². The summed E-state index contributed by atoms with van der Waals surface area (Å²) >= 11 is 0. The van der Waals surface area contributed by atoms with Crippen molar-refractivity contribution < 1.29 is 18.0 Å². The molecular formula is C14H16F3N3O. The fraction of sp³-hybridized carbons (Fsp3) is 0.429. The summed E-state index contributed by atoms with van der Waals surface area (Å²) in [5, 5.41) is 1.88. The first-order chi connectivity index (χ1) is 9.90. The van der Waals surface area contributed by atoms with Crippen LogP contribution >= 0.6 is 0 Å². The molecule has 1 N–H and O–H groups in total. The predicted molar refractivity (Wildman–Crippen MR) is 72.8 cm³/mol. The summed E-state index contributed by atoms with van der Waals surface area (Å²) in [4.78, 5) is 16.1. The number of halogens is 3. The van der Waals surface area contributed by atoms with Crippen molar-refractivity contribution in [3.63, 3.8) is 0 Å². The fourth-order valence-electron chi connectivity index (χ4n) is 2.11.